The van der Waals surface area contributed by atoms with E-state index in [4.69, 9.17) is 10.5 Å². The van der Waals surface area contributed by atoms with Crippen LogP contribution in [0.25, 0.3) is 0 Å². The van der Waals surface area contributed by atoms with E-state index in [1.165, 1.54) is 0 Å². The first-order valence-corrected chi connectivity index (χ1v) is 8.31. The minimum atomic E-state index is -3.52. The zero-order valence-electron chi connectivity index (χ0n) is 12.4. The number of ether oxygens (including phenoxy) is 1. The highest BCUT2D eigenvalue weighted by atomic mass is 32.2. The third-order valence-electron chi connectivity index (χ3n) is 3.02. The quantitative estimate of drug-likeness (QED) is 0.568. The number of benzene rings is 1. The fraction of sp³-hybridized carbons (Fsp3) is 0.571. The molecular weight excluding hydrogens is 276 g/mol. The molecule has 0 aliphatic carbocycles. The van der Waals surface area contributed by atoms with Gasteiger partial charge in [0.1, 0.15) is 0 Å². The van der Waals surface area contributed by atoms with Crippen LogP contribution in [0.4, 0.5) is 5.69 Å². The Bertz CT molecular complexity index is 542. The van der Waals surface area contributed by atoms with Gasteiger partial charge in [0.25, 0.3) is 0 Å². The van der Waals surface area contributed by atoms with Crippen molar-refractivity contribution < 1.29 is 13.2 Å². The third kappa shape index (κ3) is 4.47. The molecule has 1 aromatic rings. The lowest BCUT2D eigenvalue weighted by molar-refractivity contribution is 0.133. The SMILES string of the molecule is CCCOCCCNS(=O)(=O)c1c(C)ccc(N)c1C. The lowest BCUT2D eigenvalue weighted by atomic mass is 10.1. The number of rotatable bonds is 8. The predicted octanol–water partition coefficient (Wildman–Crippen LogP) is 1.98. The summed E-state index contributed by atoms with van der Waals surface area (Å²) in [4.78, 5) is 0.284. The van der Waals surface area contributed by atoms with E-state index in [0.717, 1.165) is 6.42 Å². The Morgan fingerprint density at radius 1 is 1.25 bits per heavy atom. The number of sulfonamides is 1. The van der Waals surface area contributed by atoms with Crippen LogP contribution >= 0.6 is 0 Å². The molecule has 0 atom stereocenters. The molecule has 114 valence electrons. The van der Waals surface area contributed by atoms with Crippen LogP contribution in [0, 0.1) is 13.8 Å². The molecule has 0 saturated carbocycles. The minimum absolute atomic E-state index is 0.284. The molecule has 0 unspecified atom stereocenters. The van der Waals surface area contributed by atoms with Gasteiger partial charge in [0.2, 0.25) is 10.0 Å². The van der Waals surface area contributed by atoms with Gasteiger partial charge in [0.15, 0.2) is 0 Å². The highest BCUT2D eigenvalue weighted by Gasteiger charge is 2.20. The fourth-order valence-corrected chi connectivity index (χ4v) is 3.53. The molecule has 0 aliphatic rings. The maximum atomic E-state index is 12.3. The maximum Gasteiger partial charge on any atom is 0.241 e. The number of nitrogen functional groups attached to an aromatic ring is 1. The third-order valence-corrected chi connectivity index (χ3v) is 4.77. The smallest absolute Gasteiger partial charge is 0.241 e. The average Bonchev–Trinajstić information content (AvgIpc) is 2.38. The summed E-state index contributed by atoms with van der Waals surface area (Å²) in [6.07, 6.45) is 1.62. The maximum absolute atomic E-state index is 12.3. The highest BCUT2D eigenvalue weighted by molar-refractivity contribution is 7.89. The van der Waals surface area contributed by atoms with Gasteiger partial charge < -0.3 is 10.5 Å². The first-order chi connectivity index (χ1) is 9.40. The Morgan fingerprint density at radius 3 is 2.60 bits per heavy atom. The van der Waals surface area contributed by atoms with E-state index < -0.39 is 10.0 Å². The first kappa shape index (κ1) is 16.9. The van der Waals surface area contributed by atoms with Crippen molar-refractivity contribution in [3.8, 4) is 0 Å². The lowest BCUT2D eigenvalue weighted by Crippen LogP contribution is -2.27. The Labute approximate surface area is 121 Å². The second-order valence-corrected chi connectivity index (χ2v) is 6.49. The molecule has 0 aliphatic heterocycles. The first-order valence-electron chi connectivity index (χ1n) is 6.83. The number of nitrogens with two attached hydrogens (primary N) is 1. The molecule has 20 heavy (non-hydrogen) atoms. The van der Waals surface area contributed by atoms with Crippen LogP contribution in [0.15, 0.2) is 17.0 Å². The van der Waals surface area contributed by atoms with Gasteiger partial charge in [-0.15, -0.1) is 0 Å². The normalized spacial score (nSPS) is 11.8. The van der Waals surface area contributed by atoms with E-state index in [9.17, 15) is 8.42 Å². The monoisotopic (exact) mass is 300 g/mol. The van der Waals surface area contributed by atoms with Crippen LogP contribution in [0.5, 0.6) is 0 Å². The van der Waals surface area contributed by atoms with Crippen LogP contribution in [0.1, 0.15) is 30.9 Å². The Kier molecular flexibility index (Phi) is 6.45. The summed E-state index contributed by atoms with van der Waals surface area (Å²) in [6, 6.07) is 3.45. The zero-order valence-corrected chi connectivity index (χ0v) is 13.2. The molecule has 0 saturated heterocycles. The largest absolute Gasteiger partial charge is 0.398 e. The summed E-state index contributed by atoms with van der Waals surface area (Å²) in [7, 11) is -3.52. The van der Waals surface area contributed by atoms with Crippen molar-refractivity contribution in [2.75, 3.05) is 25.5 Å². The van der Waals surface area contributed by atoms with Crippen molar-refractivity contribution >= 4 is 15.7 Å². The van der Waals surface area contributed by atoms with Crippen molar-refractivity contribution in [2.45, 2.75) is 38.5 Å². The van der Waals surface area contributed by atoms with Crippen molar-refractivity contribution in [2.24, 2.45) is 0 Å². The second-order valence-electron chi connectivity index (χ2n) is 4.79. The Morgan fingerprint density at radius 2 is 1.95 bits per heavy atom. The summed E-state index contributed by atoms with van der Waals surface area (Å²) < 4.78 is 32.5. The van der Waals surface area contributed by atoms with Crippen LogP contribution < -0.4 is 10.5 Å². The lowest BCUT2D eigenvalue weighted by Gasteiger charge is -2.13. The van der Waals surface area contributed by atoms with Gasteiger partial charge in [-0.05, 0) is 43.9 Å². The summed E-state index contributed by atoms with van der Waals surface area (Å²) in [5.74, 6) is 0. The van der Waals surface area contributed by atoms with E-state index in [0.29, 0.717) is 43.0 Å². The summed E-state index contributed by atoms with van der Waals surface area (Å²) in [6.45, 7) is 7.16. The standard InChI is InChI=1S/C14H24N2O3S/c1-4-9-19-10-5-8-16-20(17,18)14-11(2)6-7-13(15)12(14)3/h6-7,16H,4-5,8-10,15H2,1-3H3. The van der Waals surface area contributed by atoms with E-state index in [2.05, 4.69) is 4.72 Å². The summed E-state index contributed by atoms with van der Waals surface area (Å²) in [5, 5.41) is 0. The van der Waals surface area contributed by atoms with E-state index in [1.807, 2.05) is 6.92 Å². The molecule has 0 radical (unpaired) electrons. The number of nitrogens with one attached hydrogen (secondary N) is 1. The van der Waals surface area contributed by atoms with Gasteiger partial charge in [0, 0.05) is 25.4 Å². The number of hydrogen-bond donors (Lipinski definition) is 2. The minimum Gasteiger partial charge on any atom is -0.398 e. The van der Waals surface area contributed by atoms with Crippen LogP contribution in [-0.4, -0.2) is 28.2 Å². The van der Waals surface area contributed by atoms with Gasteiger partial charge in [-0.25, -0.2) is 13.1 Å². The number of aryl methyl sites for hydroxylation is 1. The summed E-state index contributed by atoms with van der Waals surface area (Å²) >= 11 is 0. The molecule has 3 N–H and O–H groups in total. The number of hydrogen-bond acceptors (Lipinski definition) is 4. The number of anilines is 1. The van der Waals surface area contributed by atoms with Crippen LogP contribution in [-0.2, 0) is 14.8 Å². The molecule has 0 heterocycles. The predicted molar refractivity (Wildman–Crippen MR) is 81.2 cm³/mol. The van der Waals surface area contributed by atoms with Gasteiger partial charge in [-0.2, -0.15) is 0 Å². The highest BCUT2D eigenvalue weighted by Crippen LogP contribution is 2.24. The molecule has 5 nitrogen and oxygen atoms in total. The molecule has 0 amide bonds. The van der Waals surface area contributed by atoms with Crippen molar-refractivity contribution in [1.82, 2.24) is 4.72 Å². The Hall–Kier alpha value is -1.11. The molecule has 6 heteroatoms. The summed E-state index contributed by atoms with van der Waals surface area (Å²) in [5.41, 5.74) is 7.57. The topological polar surface area (TPSA) is 81.4 Å². The molecule has 0 fully saturated rings. The van der Waals surface area contributed by atoms with Crippen molar-refractivity contribution in [1.29, 1.82) is 0 Å². The second kappa shape index (κ2) is 7.61. The zero-order chi connectivity index (χ0) is 15.2. The molecule has 1 aromatic carbocycles. The van der Waals surface area contributed by atoms with E-state index in [-0.39, 0.29) is 4.90 Å². The van der Waals surface area contributed by atoms with Gasteiger partial charge in [-0.1, -0.05) is 13.0 Å². The van der Waals surface area contributed by atoms with Gasteiger partial charge in [0.05, 0.1) is 4.90 Å². The molecule has 0 aromatic heterocycles. The van der Waals surface area contributed by atoms with E-state index in [1.54, 1.807) is 26.0 Å². The molecular formula is C14H24N2O3S. The molecule has 1 rings (SSSR count). The fourth-order valence-electron chi connectivity index (χ4n) is 1.96. The Balaban J connectivity index is 2.68. The molecule has 0 bridgehead atoms. The van der Waals surface area contributed by atoms with Gasteiger partial charge in [-0.3, -0.25) is 0 Å². The van der Waals surface area contributed by atoms with Crippen molar-refractivity contribution in [3.63, 3.8) is 0 Å². The van der Waals surface area contributed by atoms with Gasteiger partial charge >= 0.3 is 0 Å². The average molecular weight is 300 g/mol. The van der Waals surface area contributed by atoms with Crippen LogP contribution in [0.2, 0.25) is 0 Å². The van der Waals surface area contributed by atoms with Crippen LogP contribution in [0.3, 0.4) is 0 Å². The van der Waals surface area contributed by atoms with E-state index >= 15 is 0 Å². The molecule has 0 spiro atoms. The van der Waals surface area contributed by atoms with Crippen molar-refractivity contribution in [3.05, 3.63) is 23.3 Å².